The van der Waals surface area contributed by atoms with Gasteiger partial charge in [-0.2, -0.15) is 11.8 Å². The minimum absolute atomic E-state index is 0. The Labute approximate surface area is 177 Å². The number of nitrogens with one attached hydrogen (secondary N) is 2. The van der Waals surface area contributed by atoms with Gasteiger partial charge in [-0.3, -0.25) is 4.57 Å². The molecule has 0 atom stereocenters. The molecular weight excluding hydrogens is 459 g/mol. The highest BCUT2D eigenvalue weighted by molar-refractivity contribution is 14.0. The van der Waals surface area contributed by atoms with Gasteiger partial charge in [0.05, 0.1) is 6.54 Å². The molecular formula is C18H29IN6S. The van der Waals surface area contributed by atoms with Gasteiger partial charge in [-0.1, -0.05) is 6.07 Å². The number of hydrogen-bond acceptors (Lipinski definition) is 4. The van der Waals surface area contributed by atoms with E-state index in [0.29, 0.717) is 6.54 Å². The first-order valence-electron chi connectivity index (χ1n) is 8.71. The smallest absolute Gasteiger partial charge is 0.191 e. The molecule has 26 heavy (non-hydrogen) atoms. The first-order valence-corrected chi connectivity index (χ1v) is 10.1. The molecule has 0 radical (unpaired) electrons. The second-order valence-electron chi connectivity index (χ2n) is 5.69. The van der Waals surface area contributed by atoms with Crippen LogP contribution in [-0.2, 0) is 6.54 Å². The molecule has 144 valence electrons. The Bertz CT molecular complexity index is 656. The molecule has 0 bridgehead atoms. The number of guanidine groups is 1. The normalized spacial score (nSPS) is 11.1. The van der Waals surface area contributed by atoms with Crippen molar-refractivity contribution in [3.05, 3.63) is 42.1 Å². The topological polar surface area (TPSA) is 67.1 Å². The minimum Gasteiger partial charge on any atom is -0.357 e. The van der Waals surface area contributed by atoms with E-state index in [1.165, 1.54) is 12.2 Å². The molecule has 0 aliphatic rings. The summed E-state index contributed by atoms with van der Waals surface area (Å²) in [5, 5.41) is 6.67. The van der Waals surface area contributed by atoms with Crippen molar-refractivity contribution in [2.45, 2.75) is 33.2 Å². The number of pyridine rings is 1. The van der Waals surface area contributed by atoms with Crippen LogP contribution in [0.15, 0.2) is 35.7 Å². The molecule has 8 heteroatoms. The fraction of sp³-hybridized carbons (Fsp3) is 0.500. The summed E-state index contributed by atoms with van der Waals surface area (Å²) in [6.07, 6.45) is 10.1. The molecule has 2 N–H and O–H groups in total. The number of unbranched alkanes of at least 4 members (excludes halogenated alkanes) is 1. The number of aromatic nitrogens is 3. The number of halogens is 1. The molecule has 0 aliphatic carbocycles. The number of imidazole rings is 1. The average Bonchev–Trinajstić information content (AvgIpc) is 3.06. The number of hydrogen-bond donors (Lipinski definition) is 2. The third-order valence-electron chi connectivity index (χ3n) is 3.71. The van der Waals surface area contributed by atoms with Gasteiger partial charge >= 0.3 is 0 Å². The van der Waals surface area contributed by atoms with Crippen LogP contribution in [0.3, 0.4) is 0 Å². The molecule has 0 aliphatic heterocycles. The van der Waals surface area contributed by atoms with Crippen molar-refractivity contribution in [3.8, 4) is 5.82 Å². The first-order chi connectivity index (χ1) is 12.2. The van der Waals surface area contributed by atoms with E-state index in [1.807, 2.05) is 41.7 Å². The van der Waals surface area contributed by atoms with Crippen molar-refractivity contribution in [3.63, 3.8) is 0 Å². The van der Waals surface area contributed by atoms with Crippen LogP contribution < -0.4 is 10.6 Å². The Morgan fingerprint density at radius 3 is 2.69 bits per heavy atom. The maximum atomic E-state index is 4.64. The number of aryl methyl sites for hydroxylation is 1. The fourth-order valence-electron chi connectivity index (χ4n) is 2.36. The molecule has 0 spiro atoms. The van der Waals surface area contributed by atoms with Gasteiger partial charge < -0.3 is 10.6 Å². The highest BCUT2D eigenvalue weighted by atomic mass is 127. The predicted octanol–water partition coefficient (Wildman–Crippen LogP) is 3.39. The Kier molecular flexibility index (Phi) is 11.3. The fourth-order valence-corrected chi connectivity index (χ4v) is 2.86. The molecule has 6 nitrogen and oxygen atoms in total. The van der Waals surface area contributed by atoms with Crippen molar-refractivity contribution in [2.75, 3.05) is 25.1 Å². The summed E-state index contributed by atoms with van der Waals surface area (Å²) in [4.78, 5) is 13.4. The zero-order valence-corrected chi connectivity index (χ0v) is 18.9. The van der Waals surface area contributed by atoms with Crippen molar-refractivity contribution in [2.24, 2.45) is 4.99 Å². The lowest BCUT2D eigenvalue weighted by molar-refractivity contribution is 0.734. The second-order valence-corrected chi connectivity index (χ2v) is 6.68. The number of thioether (sulfide) groups is 1. The van der Waals surface area contributed by atoms with Crippen LogP contribution in [0.1, 0.15) is 31.2 Å². The van der Waals surface area contributed by atoms with Gasteiger partial charge in [-0.15, -0.1) is 24.0 Å². The quantitative estimate of drug-likeness (QED) is 0.245. The Hall–Kier alpha value is -1.29. The molecule has 2 rings (SSSR count). The first kappa shape index (κ1) is 22.8. The molecule has 2 aromatic rings. The Balaban J connectivity index is 0.00000338. The van der Waals surface area contributed by atoms with Crippen molar-refractivity contribution in [1.82, 2.24) is 25.2 Å². The van der Waals surface area contributed by atoms with E-state index in [9.17, 15) is 0 Å². The summed E-state index contributed by atoms with van der Waals surface area (Å²) >= 11 is 1.89. The van der Waals surface area contributed by atoms with E-state index in [4.69, 9.17) is 0 Å². The summed E-state index contributed by atoms with van der Waals surface area (Å²) in [7, 11) is 0. The third-order valence-corrected chi connectivity index (χ3v) is 4.41. The van der Waals surface area contributed by atoms with Crippen LogP contribution in [-0.4, -0.2) is 45.6 Å². The molecule has 0 amide bonds. The summed E-state index contributed by atoms with van der Waals surface area (Å²) in [5.41, 5.74) is 1.08. The molecule has 0 unspecified atom stereocenters. The van der Waals surface area contributed by atoms with Crippen LogP contribution in [0.4, 0.5) is 0 Å². The molecule has 2 heterocycles. The van der Waals surface area contributed by atoms with Crippen molar-refractivity contribution >= 4 is 41.7 Å². The van der Waals surface area contributed by atoms with Gasteiger partial charge in [0, 0.05) is 31.7 Å². The zero-order valence-electron chi connectivity index (χ0n) is 15.7. The lowest BCUT2D eigenvalue weighted by atomic mass is 10.3. The van der Waals surface area contributed by atoms with E-state index in [2.05, 4.69) is 44.8 Å². The van der Waals surface area contributed by atoms with E-state index in [0.717, 1.165) is 42.7 Å². The number of aliphatic imine (C=N–C) groups is 1. The van der Waals surface area contributed by atoms with Crippen LogP contribution in [0.5, 0.6) is 0 Å². The van der Waals surface area contributed by atoms with Gasteiger partial charge in [0.1, 0.15) is 11.6 Å². The molecule has 2 aromatic heterocycles. The SMILES string of the molecule is CCNC(=NCc1ccc(-n2ccnc2C)nc1)NCCCCSC.I. The number of rotatable bonds is 9. The Morgan fingerprint density at radius 1 is 1.23 bits per heavy atom. The summed E-state index contributed by atoms with van der Waals surface area (Å²) in [6.45, 7) is 6.45. The summed E-state index contributed by atoms with van der Waals surface area (Å²) in [6, 6.07) is 4.07. The second kappa shape index (κ2) is 13.0. The molecule has 0 saturated heterocycles. The monoisotopic (exact) mass is 488 g/mol. The van der Waals surface area contributed by atoms with Gasteiger partial charge in [0.25, 0.3) is 0 Å². The van der Waals surface area contributed by atoms with E-state index >= 15 is 0 Å². The summed E-state index contributed by atoms with van der Waals surface area (Å²) in [5.74, 6) is 3.88. The Morgan fingerprint density at radius 2 is 2.08 bits per heavy atom. The van der Waals surface area contributed by atoms with Crippen LogP contribution >= 0.6 is 35.7 Å². The van der Waals surface area contributed by atoms with Crippen molar-refractivity contribution < 1.29 is 0 Å². The highest BCUT2D eigenvalue weighted by Gasteiger charge is 2.02. The molecule has 0 fully saturated rings. The highest BCUT2D eigenvalue weighted by Crippen LogP contribution is 2.09. The van der Waals surface area contributed by atoms with Gasteiger partial charge in [-0.25, -0.2) is 15.0 Å². The van der Waals surface area contributed by atoms with Crippen LogP contribution in [0.2, 0.25) is 0 Å². The zero-order chi connectivity index (χ0) is 17.9. The van der Waals surface area contributed by atoms with E-state index in [-0.39, 0.29) is 24.0 Å². The lowest BCUT2D eigenvalue weighted by Gasteiger charge is -2.11. The van der Waals surface area contributed by atoms with Gasteiger partial charge in [-0.05, 0) is 50.3 Å². The molecule has 0 saturated carbocycles. The molecule has 0 aromatic carbocycles. The maximum absolute atomic E-state index is 4.64. The van der Waals surface area contributed by atoms with E-state index in [1.54, 1.807) is 6.20 Å². The van der Waals surface area contributed by atoms with Crippen LogP contribution in [0, 0.1) is 6.92 Å². The van der Waals surface area contributed by atoms with Gasteiger partial charge in [0.2, 0.25) is 0 Å². The van der Waals surface area contributed by atoms with E-state index < -0.39 is 0 Å². The largest absolute Gasteiger partial charge is 0.357 e. The minimum atomic E-state index is 0. The predicted molar refractivity (Wildman–Crippen MR) is 122 cm³/mol. The van der Waals surface area contributed by atoms with Gasteiger partial charge in [0.15, 0.2) is 5.96 Å². The summed E-state index contributed by atoms with van der Waals surface area (Å²) < 4.78 is 1.97. The van der Waals surface area contributed by atoms with Crippen molar-refractivity contribution in [1.29, 1.82) is 0 Å². The third kappa shape index (κ3) is 7.53. The average molecular weight is 488 g/mol. The lowest BCUT2D eigenvalue weighted by Crippen LogP contribution is -2.37. The number of nitrogens with zero attached hydrogens (tertiary/aromatic N) is 4. The van der Waals surface area contributed by atoms with Crippen LogP contribution in [0.25, 0.3) is 5.82 Å². The standard InChI is InChI=1S/C18H28N6S.HI/c1-4-19-18(21-9-5-6-12-25-3)23-14-16-7-8-17(22-13-16)24-11-10-20-15(24)2;/h7-8,10-11,13H,4-6,9,12,14H2,1-3H3,(H2,19,21,23);1H. The maximum Gasteiger partial charge on any atom is 0.191 e.